The highest BCUT2D eigenvalue weighted by molar-refractivity contribution is 6.03. The van der Waals surface area contributed by atoms with Crippen molar-refractivity contribution in [3.63, 3.8) is 0 Å². The van der Waals surface area contributed by atoms with Crippen LogP contribution in [0.2, 0.25) is 0 Å². The lowest BCUT2D eigenvalue weighted by Gasteiger charge is -2.16. The number of benzene rings is 1. The van der Waals surface area contributed by atoms with Gasteiger partial charge in [-0.25, -0.2) is 0 Å². The second-order valence-electron chi connectivity index (χ2n) is 4.68. The number of amides is 1. The van der Waals surface area contributed by atoms with E-state index in [9.17, 15) is 4.79 Å². The van der Waals surface area contributed by atoms with Gasteiger partial charge in [0.15, 0.2) is 0 Å². The third-order valence-electron chi connectivity index (χ3n) is 3.57. The van der Waals surface area contributed by atoms with Gasteiger partial charge in [0, 0.05) is 11.7 Å². The second kappa shape index (κ2) is 3.59. The van der Waals surface area contributed by atoms with Crippen molar-refractivity contribution < 1.29 is 4.79 Å². The van der Waals surface area contributed by atoms with Crippen LogP contribution in [0, 0.1) is 13.8 Å². The van der Waals surface area contributed by atoms with Crippen LogP contribution in [0.1, 0.15) is 48.1 Å². The molecule has 2 atom stereocenters. The molecule has 1 amide bonds. The number of anilines is 1. The van der Waals surface area contributed by atoms with Gasteiger partial charge in [-0.3, -0.25) is 4.79 Å². The van der Waals surface area contributed by atoms with Crippen molar-refractivity contribution in [1.82, 2.24) is 0 Å². The average molecular weight is 218 g/mol. The monoisotopic (exact) mass is 218 g/mol. The minimum atomic E-state index is -0.0631. The summed E-state index contributed by atoms with van der Waals surface area (Å²) < 4.78 is 0. The molecule has 3 heteroatoms. The highest BCUT2D eigenvalue weighted by Gasteiger charge is 2.29. The van der Waals surface area contributed by atoms with Crippen LogP contribution in [0.3, 0.4) is 0 Å². The quantitative estimate of drug-likeness (QED) is 0.760. The molecule has 0 fully saturated rings. The van der Waals surface area contributed by atoms with Gasteiger partial charge in [-0.2, -0.15) is 0 Å². The van der Waals surface area contributed by atoms with Crippen molar-refractivity contribution in [3.05, 3.63) is 28.3 Å². The van der Waals surface area contributed by atoms with Crippen molar-refractivity contribution in [3.8, 4) is 0 Å². The molecule has 3 nitrogen and oxygen atoms in total. The Morgan fingerprint density at radius 3 is 2.56 bits per heavy atom. The molecule has 1 aromatic rings. The van der Waals surface area contributed by atoms with E-state index in [0.29, 0.717) is 0 Å². The molecule has 16 heavy (non-hydrogen) atoms. The summed E-state index contributed by atoms with van der Waals surface area (Å²) in [7, 11) is 0. The summed E-state index contributed by atoms with van der Waals surface area (Å²) in [5, 5.41) is 2.94. The maximum atomic E-state index is 11.6. The number of nitrogens with two attached hydrogens (primary N) is 1. The van der Waals surface area contributed by atoms with Gasteiger partial charge in [-0.05, 0) is 49.9 Å². The van der Waals surface area contributed by atoms with Gasteiger partial charge in [0.25, 0.3) is 0 Å². The zero-order valence-corrected chi connectivity index (χ0v) is 10.2. The smallest absolute Gasteiger partial charge is 0.231 e. The average Bonchev–Trinajstić information content (AvgIpc) is 2.50. The zero-order valence-electron chi connectivity index (χ0n) is 10.2. The molecule has 86 valence electrons. The lowest BCUT2D eigenvalue weighted by molar-refractivity contribution is -0.116. The van der Waals surface area contributed by atoms with E-state index in [1.165, 1.54) is 5.56 Å². The molecule has 0 saturated carbocycles. The van der Waals surface area contributed by atoms with Crippen LogP contribution in [0.25, 0.3) is 0 Å². The number of rotatable bonds is 1. The van der Waals surface area contributed by atoms with Crippen LogP contribution in [0.4, 0.5) is 5.69 Å². The molecule has 0 spiro atoms. The number of carbonyl (C=O) groups is 1. The normalized spacial score (nSPS) is 20.6. The fraction of sp³-hybridized carbons (Fsp3) is 0.462. The summed E-state index contributed by atoms with van der Waals surface area (Å²) in [6.45, 7) is 8.01. The lowest BCUT2D eigenvalue weighted by Crippen LogP contribution is -2.09. The fourth-order valence-electron chi connectivity index (χ4n) is 2.32. The van der Waals surface area contributed by atoms with E-state index in [0.717, 1.165) is 22.4 Å². The Morgan fingerprint density at radius 2 is 2.00 bits per heavy atom. The van der Waals surface area contributed by atoms with Gasteiger partial charge in [0.05, 0.1) is 5.92 Å². The van der Waals surface area contributed by atoms with E-state index >= 15 is 0 Å². The summed E-state index contributed by atoms with van der Waals surface area (Å²) in [6.07, 6.45) is 0. The third-order valence-corrected chi connectivity index (χ3v) is 3.57. The van der Waals surface area contributed by atoms with Crippen LogP contribution in [-0.4, -0.2) is 5.91 Å². The molecule has 1 aliphatic heterocycles. The number of fused-ring (bicyclic) bond motifs is 1. The van der Waals surface area contributed by atoms with Gasteiger partial charge in [-0.1, -0.05) is 6.07 Å². The minimum absolute atomic E-state index is 0.00639. The van der Waals surface area contributed by atoms with E-state index in [1.807, 2.05) is 20.8 Å². The topological polar surface area (TPSA) is 55.1 Å². The van der Waals surface area contributed by atoms with E-state index < -0.39 is 0 Å². The van der Waals surface area contributed by atoms with Gasteiger partial charge >= 0.3 is 0 Å². The highest BCUT2D eigenvalue weighted by atomic mass is 16.2. The van der Waals surface area contributed by atoms with Gasteiger partial charge in [0.1, 0.15) is 0 Å². The Hall–Kier alpha value is -1.35. The molecule has 2 rings (SSSR count). The van der Waals surface area contributed by atoms with Crippen LogP contribution < -0.4 is 11.1 Å². The summed E-state index contributed by atoms with van der Waals surface area (Å²) in [5.41, 5.74) is 11.5. The van der Waals surface area contributed by atoms with Gasteiger partial charge in [0.2, 0.25) is 5.91 Å². The summed E-state index contributed by atoms with van der Waals surface area (Å²) in [4.78, 5) is 11.6. The van der Waals surface area contributed by atoms with Crippen molar-refractivity contribution in [2.24, 2.45) is 5.73 Å². The predicted octanol–water partition coefficient (Wildman–Crippen LogP) is 2.38. The van der Waals surface area contributed by atoms with Crippen LogP contribution in [0.5, 0.6) is 0 Å². The van der Waals surface area contributed by atoms with Crippen LogP contribution in [-0.2, 0) is 4.79 Å². The first-order valence-corrected chi connectivity index (χ1v) is 5.64. The van der Waals surface area contributed by atoms with E-state index in [2.05, 4.69) is 18.3 Å². The standard InChI is InChI=1S/C13H18N2O/c1-6-7(2)12-11(5-10(6)9(4)14)8(3)13(16)15-12/h5,8-9H,14H2,1-4H3,(H,15,16). The molecule has 0 bridgehead atoms. The first kappa shape index (κ1) is 11.1. The first-order valence-electron chi connectivity index (χ1n) is 5.64. The van der Waals surface area contributed by atoms with Gasteiger partial charge in [-0.15, -0.1) is 0 Å². The Balaban J connectivity index is 2.67. The molecular formula is C13H18N2O. The SMILES string of the molecule is Cc1c(C(C)N)cc2c(c1C)NC(=O)C2C. The zero-order chi connectivity index (χ0) is 12.0. The Labute approximate surface area is 96.0 Å². The third kappa shape index (κ3) is 1.43. The number of carbonyl (C=O) groups excluding carboxylic acids is 1. The van der Waals surface area contributed by atoms with Crippen LogP contribution >= 0.6 is 0 Å². The Morgan fingerprint density at radius 1 is 1.38 bits per heavy atom. The molecule has 2 unspecified atom stereocenters. The summed E-state index contributed by atoms with van der Waals surface area (Å²) >= 11 is 0. The molecule has 0 saturated heterocycles. The molecule has 0 aromatic heterocycles. The molecule has 3 N–H and O–H groups in total. The van der Waals surface area contributed by atoms with Crippen molar-refractivity contribution in [1.29, 1.82) is 0 Å². The first-order chi connectivity index (χ1) is 7.43. The Kier molecular flexibility index (Phi) is 2.50. The number of nitrogens with one attached hydrogen (secondary N) is 1. The lowest BCUT2D eigenvalue weighted by atomic mass is 9.91. The highest BCUT2D eigenvalue weighted by Crippen LogP contribution is 2.38. The van der Waals surface area contributed by atoms with Crippen LogP contribution in [0.15, 0.2) is 6.07 Å². The largest absolute Gasteiger partial charge is 0.325 e. The van der Waals surface area contributed by atoms with Crippen molar-refractivity contribution >= 4 is 11.6 Å². The van der Waals surface area contributed by atoms with E-state index in [-0.39, 0.29) is 17.9 Å². The Bertz CT molecular complexity index is 463. The van der Waals surface area contributed by atoms with E-state index in [1.54, 1.807) is 0 Å². The van der Waals surface area contributed by atoms with Crippen molar-refractivity contribution in [2.45, 2.75) is 39.7 Å². The van der Waals surface area contributed by atoms with Gasteiger partial charge < -0.3 is 11.1 Å². The molecule has 0 aliphatic carbocycles. The summed E-state index contributed by atoms with van der Waals surface area (Å²) in [6, 6.07) is 2.08. The maximum absolute atomic E-state index is 11.6. The van der Waals surface area contributed by atoms with E-state index in [4.69, 9.17) is 5.73 Å². The molecule has 0 radical (unpaired) electrons. The summed E-state index contributed by atoms with van der Waals surface area (Å²) in [5.74, 6) is 0.0196. The predicted molar refractivity (Wildman–Crippen MR) is 65.6 cm³/mol. The molecule has 1 aromatic carbocycles. The minimum Gasteiger partial charge on any atom is -0.325 e. The second-order valence-corrected chi connectivity index (χ2v) is 4.68. The van der Waals surface area contributed by atoms with Crippen molar-refractivity contribution in [2.75, 3.05) is 5.32 Å². The number of hydrogen-bond acceptors (Lipinski definition) is 2. The maximum Gasteiger partial charge on any atom is 0.231 e. The number of hydrogen-bond donors (Lipinski definition) is 2. The molecule has 1 aliphatic rings. The fourth-order valence-corrected chi connectivity index (χ4v) is 2.32. The molecular weight excluding hydrogens is 200 g/mol. The molecule has 1 heterocycles.